The van der Waals surface area contributed by atoms with Crippen LogP contribution in [0.2, 0.25) is 10.0 Å². The van der Waals surface area contributed by atoms with Gasteiger partial charge in [-0.15, -0.1) is 0 Å². The minimum Gasteiger partial charge on any atom is -0.378 e. The van der Waals surface area contributed by atoms with Gasteiger partial charge in [0.25, 0.3) is 0 Å². The van der Waals surface area contributed by atoms with Crippen LogP contribution >= 0.6 is 23.2 Å². The van der Waals surface area contributed by atoms with Crippen LogP contribution in [0.1, 0.15) is 38.1 Å². The Hall–Kier alpha value is -2.76. The molecule has 13 heteroatoms. The maximum Gasteiger partial charge on any atom is 0.225 e. The number of primary amides is 1. The topological polar surface area (TPSA) is 120 Å². The van der Waals surface area contributed by atoms with E-state index >= 15 is 0 Å². The van der Waals surface area contributed by atoms with Crippen molar-refractivity contribution in [2.45, 2.75) is 50.4 Å². The summed E-state index contributed by atoms with van der Waals surface area (Å²) in [5.74, 6) is -0.575. The van der Waals surface area contributed by atoms with Gasteiger partial charge in [0.1, 0.15) is 17.5 Å². The summed E-state index contributed by atoms with van der Waals surface area (Å²) in [6.45, 7) is 0.464. The van der Waals surface area contributed by atoms with Gasteiger partial charge in [-0.25, -0.2) is 18.7 Å². The van der Waals surface area contributed by atoms with Gasteiger partial charge in [-0.2, -0.15) is 4.98 Å². The number of carbonyl (C=O) groups is 1. The van der Waals surface area contributed by atoms with Gasteiger partial charge < -0.3 is 21.1 Å². The summed E-state index contributed by atoms with van der Waals surface area (Å²) in [5.41, 5.74) is 6.50. The molecule has 1 amide bonds. The molecule has 2 fully saturated rings. The molecule has 2 aromatic heterocycles. The molecule has 0 spiro atoms. The fourth-order valence-corrected chi connectivity index (χ4v) is 5.33. The smallest absolute Gasteiger partial charge is 0.225 e. The first-order valence-corrected chi connectivity index (χ1v) is 12.5. The van der Waals surface area contributed by atoms with Crippen LogP contribution < -0.4 is 16.4 Å². The molecule has 1 saturated carbocycles. The Kier molecular flexibility index (Phi) is 7.14. The van der Waals surface area contributed by atoms with E-state index in [4.69, 9.17) is 33.7 Å². The van der Waals surface area contributed by atoms with Gasteiger partial charge in [-0.3, -0.25) is 9.36 Å². The van der Waals surface area contributed by atoms with E-state index in [2.05, 4.69) is 25.6 Å². The zero-order valence-electron chi connectivity index (χ0n) is 19.2. The van der Waals surface area contributed by atoms with Crippen molar-refractivity contribution in [2.75, 3.05) is 23.8 Å². The lowest BCUT2D eigenvalue weighted by Crippen LogP contribution is -2.39. The normalized spacial score (nSPS) is 24.6. The minimum atomic E-state index is -1.18. The third-order valence-corrected chi connectivity index (χ3v) is 7.26. The van der Waals surface area contributed by atoms with Crippen LogP contribution in [0.25, 0.3) is 11.2 Å². The highest BCUT2D eigenvalue weighted by Crippen LogP contribution is 2.38. The third kappa shape index (κ3) is 5.05. The van der Waals surface area contributed by atoms with Crippen molar-refractivity contribution in [2.24, 2.45) is 11.7 Å². The maximum absolute atomic E-state index is 14.7. The minimum absolute atomic E-state index is 0.0163. The summed E-state index contributed by atoms with van der Waals surface area (Å²) in [6.07, 6.45) is 3.34. The number of amides is 1. The number of aromatic nitrogens is 4. The van der Waals surface area contributed by atoms with E-state index in [-0.39, 0.29) is 46.2 Å². The molecule has 2 aliphatic rings. The van der Waals surface area contributed by atoms with Crippen molar-refractivity contribution < 1.29 is 18.3 Å². The zero-order chi connectivity index (χ0) is 25.4. The molecule has 192 valence electrons. The molecule has 1 saturated heterocycles. The van der Waals surface area contributed by atoms with E-state index in [1.165, 1.54) is 12.3 Å². The van der Waals surface area contributed by atoms with Crippen molar-refractivity contribution in [1.29, 1.82) is 0 Å². The van der Waals surface area contributed by atoms with Crippen molar-refractivity contribution in [3.05, 3.63) is 34.2 Å². The quantitative estimate of drug-likeness (QED) is 0.412. The van der Waals surface area contributed by atoms with E-state index in [1.807, 2.05) is 4.57 Å². The van der Waals surface area contributed by atoms with Gasteiger partial charge in [0.05, 0.1) is 29.6 Å². The first-order valence-electron chi connectivity index (χ1n) is 11.7. The van der Waals surface area contributed by atoms with Crippen molar-refractivity contribution >= 4 is 57.9 Å². The number of ether oxygens (including phenoxy) is 1. The lowest BCUT2D eigenvalue weighted by molar-refractivity contribution is -0.122. The number of anilines is 3. The Morgan fingerprint density at radius 3 is 2.64 bits per heavy atom. The number of nitrogens with zero attached hydrogens (tertiary/aromatic N) is 4. The summed E-state index contributed by atoms with van der Waals surface area (Å²) >= 11 is 12.2. The average Bonchev–Trinajstić information content (AvgIpc) is 3.20. The number of nitrogens with one attached hydrogen (secondary N) is 2. The number of halogens is 4. The van der Waals surface area contributed by atoms with Crippen LogP contribution in [0.4, 0.5) is 26.4 Å². The highest BCUT2D eigenvalue weighted by atomic mass is 35.5. The van der Waals surface area contributed by atoms with E-state index in [0.717, 1.165) is 6.07 Å². The van der Waals surface area contributed by atoms with Gasteiger partial charge in [-0.05, 0) is 44.2 Å². The number of hydrogen-bond acceptors (Lipinski definition) is 7. The van der Waals surface area contributed by atoms with Gasteiger partial charge in [-0.1, -0.05) is 23.2 Å². The van der Waals surface area contributed by atoms with Gasteiger partial charge in [0.15, 0.2) is 5.65 Å². The monoisotopic (exact) mass is 539 g/mol. The van der Waals surface area contributed by atoms with Gasteiger partial charge in [0, 0.05) is 23.6 Å². The lowest BCUT2D eigenvalue weighted by Gasteiger charge is -2.29. The van der Waals surface area contributed by atoms with Crippen LogP contribution in [0.15, 0.2) is 18.3 Å². The Bertz CT molecular complexity index is 1260. The van der Waals surface area contributed by atoms with E-state index in [1.54, 1.807) is 0 Å². The van der Waals surface area contributed by atoms with E-state index < -0.39 is 18.0 Å². The fraction of sp³-hybridized carbons (Fsp3) is 0.478. The SMILES string of the molecule is NC(=O)C1CCC(n2c(Nc3c(F)cc(Cl)cc3Cl)nc3cnc(NC4CCOC[C@H]4F)nc32)CC1. The number of benzene rings is 1. The molecule has 36 heavy (non-hydrogen) atoms. The maximum atomic E-state index is 14.7. The Labute approximate surface area is 215 Å². The summed E-state index contributed by atoms with van der Waals surface area (Å²) in [5, 5.41) is 6.32. The second-order valence-electron chi connectivity index (χ2n) is 9.12. The molecule has 1 aliphatic carbocycles. The van der Waals surface area contributed by atoms with Gasteiger partial charge >= 0.3 is 0 Å². The van der Waals surface area contributed by atoms with Crippen LogP contribution in [-0.2, 0) is 9.53 Å². The lowest BCUT2D eigenvalue weighted by atomic mass is 9.85. The molecular weight excluding hydrogens is 515 g/mol. The number of fused-ring (bicyclic) bond motifs is 1. The number of nitrogens with two attached hydrogens (primary N) is 1. The molecule has 5 rings (SSSR count). The number of alkyl halides is 1. The Morgan fingerprint density at radius 1 is 1.17 bits per heavy atom. The van der Waals surface area contributed by atoms with Crippen molar-refractivity contribution in [3.63, 3.8) is 0 Å². The predicted octanol–water partition coefficient (Wildman–Crippen LogP) is 4.77. The van der Waals surface area contributed by atoms with Crippen LogP contribution in [0.3, 0.4) is 0 Å². The molecular formula is C23H25Cl2F2N7O2. The zero-order valence-corrected chi connectivity index (χ0v) is 20.7. The number of hydrogen-bond donors (Lipinski definition) is 3. The fourth-order valence-electron chi connectivity index (χ4n) is 4.82. The van der Waals surface area contributed by atoms with Crippen LogP contribution in [-0.4, -0.2) is 50.9 Å². The van der Waals surface area contributed by atoms with E-state index in [0.29, 0.717) is 55.8 Å². The van der Waals surface area contributed by atoms with E-state index in [9.17, 15) is 13.6 Å². The second kappa shape index (κ2) is 10.3. The average molecular weight is 540 g/mol. The molecule has 3 heterocycles. The van der Waals surface area contributed by atoms with Crippen LogP contribution in [0, 0.1) is 11.7 Å². The van der Waals surface area contributed by atoms with Crippen LogP contribution in [0.5, 0.6) is 0 Å². The predicted molar refractivity (Wildman–Crippen MR) is 133 cm³/mol. The first kappa shape index (κ1) is 24.9. The number of rotatable bonds is 6. The third-order valence-electron chi connectivity index (χ3n) is 6.74. The van der Waals surface area contributed by atoms with Crippen molar-refractivity contribution in [3.8, 4) is 0 Å². The summed E-state index contributed by atoms with van der Waals surface area (Å²) in [4.78, 5) is 25.2. The summed E-state index contributed by atoms with van der Waals surface area (Å²) < 4.78 is 36.1. The molecule has 4 N–H and O–H groups in total. The standard InChI is InChI=1S/C23H25Cl2F2N7O2/c24-12-7-14(25)19(15(26)8-12)32-23-31-18-9-29-22(30-17-5-6-36-10-16(17)27)33-21(18)34(23)13-3-1-11(2-4-13)20(28)35/h7-9,11,13,16-17H,1-6,10H2,(H2,28,35)(H,31,32)(H,29,30,33)/t11?,13?,16-,17?/m1/s1. The number of carbonyl (C=O) groups excluding carboxylic acids is 1. The molecule has 1 unspecified atom stereocenters. The molecule has 9 nitrogen and oxygen atoms in total. The van der Waals surface area contributed by atoms with Crippen molar-refractivity contribution in [1.82, 2.24) is 19.5 Å². The summed E-state index contributed by atoms with van der Waals surface area (Å²) in [6, 6.07) is 2.02. The highest BCUT2D eigenvalue weighted by Gasteiger charge is 2.30. The Balaban J connectivity index is 1.53. The molecule has 1 aliphatic heterocycles. The highest BCUT2D eigenvalue weighted by molar-refractivity contribution is 6.36. The second-order valence-corrected chi connectivity index (χ2v) is 9.96. The Morgan fingerprint density at radius 2 is 1.94 bits per heavy atom. The molecule has 2 atom stereocenters. The van der Waals surface area contributed by atoms with Gasteiger partial charge in [0.2, 0.25) is 17.8 Å². The number of imidazole rings is 1. The molecule has 0 radical (unpaired) electrons. The first-order chi connectivity index (χ1) is 17.3. The molecule has 1 aromatic carbocycles. The summed E-state index contributed by atoms with van der Waals surface area (Å²) in [7, 11) is 0. The molecule has 3 aromatic rings. The molecule has 0 bridgehead atoms. The largest absolute Gasteiger partial charge is 0.378 e.